The van der Waals surface area contributed by atoms with Crippen molar-refractivity contribution in [3.63, 3.8) is 0 Å². The average molecular weight is 720 g/mol. The molecule has 1 heterocycles. The highest BCUT2D eigenvalue weighted by atomic mass is 16.5. The van der Waals surface area contributed by atoms with E-state index in [0.717, 1.165) is 50.2 Å². The lowest BCUT2D eigenvalue weighted by Crippen LogP contribution is -2.13. The molecule has 1 aromatic carbocycles. The van der Waals surface area contributed by atoms with Crippen LogP contribution in [0.1, 0.15) is 143 Å². The standard InChI is InChI=1S/C30H50N4O4.C6H15N.2H3N.3H2O/c1-2-36-25-26-37-23-16-18-28(35)17-14-12-10-8-6-4-3-5-7-9-11-13-15-24-38-29-21-19-27(20-22-29)30-31-33-34-32-30;1-3-4-5-6(2)7;;;;;/h19-22H,2-18,23-26H2,1H3,(H,31,32,33,34);6H,3-5,7H2,1-2H3;2*1H3;3*1H2/t;6-;;;;;/m.1...../s1. The van der Waals surface area contributed by atoms with Crippen LogP contribution >= 0.6 is 0 Å². The van der Waals surface area contributed by atoms with E-state index in [1.54, 1.807) is 0 Å². The maximum absolute atomic E-state index is 11.9. The Morgan fingerprint density at radius 2 is 1.22 bits per heavy atom. The molecule has 1 atom stereocenters. The third kappa shape index (κ3) is 35.3. The second-order valence-corrected chi connectivity index (χ2v) is 12.0. The summed E-state index contributed by atoms with van der Waals surface area (Å²) in [6.07, 6.45) is 22.4. The highest BCUT2D eigenvalue weighted by molar-refractivity contribution is 5.78. The third-order valence-corrected chi connectivity index (χ3v) is 7.66. The van der Waals surface area contributed by atoms with Crippen LogP contribution in [0.2, 0.25) is 0 Å². The molecule has 15 N–H and O–H groups in total. The quantitative estimate of drug-likeness (QED) is 0.0663. The van der Waals surface area contributed by atoms with Gasteiger partial charge in [-0.15, -0.1) is 10.2 Å². The van der Waals surface area contributed by atoms with Crippen LogP contribution in [0.3, 0.4) is 0 Å². The number of carbonyl (C=O) groups excluding carboxylic acids is 1. The minimum Gasteiger partial charge on any atom is -0.494 e. The summed E-state index contributed by atoms with van der Waals surface area (Å²) < 4.78 is 16.5. The maximum Gasteiger partial charge on any atom is 0.204 e. The zero-order valence-corrected chi connectivity index (χ0v) is 31.8. The van der Waals surface area contributed by atoms with Crippen molar-refractivity contribution in [1.29, 1.82) is 0 Å². The largest absolute Gasteiger partial charge is 0.494 e. The van der Waals surface area contributed by atoms with E-state index in [9.17, 15) is 4.79 Å². The summed E-state index contributed by atoms with van der Waals surface area (Å²) in [5, 5.41) is 14.0. The van der Waals surface area contributed by atoms with Gasteiger partial charge in [0.05, 0.1) is 19.8 Å². The first-order chi connectivity index (χ1) is 22.1. The van der Waals surface area contributed by atoms with Gasteiger partial charge in [-0.25, -0.2) is 0 Å². The van der Waals surface area contributed by atoms with Crippen molar-refractivity contribution in [2.45, 2.75) is 149 Å². The maximum atomic E-state index is 11.9. The number of nitrogens with two attached hydrogens (primary N) is 1. The van der Waals surface area contributed by atoms with Crippen molar-refractivity contribution < 1.29 is 35.4 Å². The Kier molecular flexibility index (Phi) is 48.4. The van der Waals surface area contributed by atoms with Crippen molar-refractivity contribution >= 4 is 5.78 Å². The number of unbranched alkanes of at least 4 members (excludes halogenated alkanes) is 13. The molecule has 0 amide bonds. The number of H-pyrrole nitrogens is 1. The molecule has 14 heteroatoms. The Morgan fingerprint density at radius 1 is 0.700 bits per heavy atom. The van der Waals surface area contributed by atoms with Gasteiger partial charge in [-0.1, -0.05) is 90.4 Å². The third-order valence-electron chi connectivity index (χ3n) is 7.66. The number of carbonyl (C=O) groups is 1. The first kappa shape index (κ1) is 56.8. The van der Waals surface area contributed by atoms with Crippen LogP contribution in [-0.2, 0) is 14.3 Å². The molecule has 0 spiro atoms. The number of aromatic amines is 1. The monoisotopic (exact) mass is 720 g/mol. The molecule has 0 bridgehead atoms. The minimum atomic E-state index is 0. The SMILES string of the molecule is CCCC[C@@H](C)N.CCOCCOCCCC(=O)CCCCCCCCCCCCCCCOc1ccc(-c2nn[nH]n2)cc1.N.N.O.O.O. The summed E-state index contributed by atoms with van der Waals surface area (Å²) in [5.41, 5.74) is 6.41. The van der Waals surface area contributed by atoms with Gasteiger partial charge in [-0.3, -0.25) is 4.79 Å². The summed E-state index contributed by atoms with van der Waals surface area (Å²) in [6, 6.07) is 8.22. The zero-order valence-electron chi connectivity index (χ0n) is 31.8. The fourth-order valence-corrected chi connectivity index (χ4v) is 4.93. The normalized spacial score (nSPS) is 10.5. The van der Waals surface area contributed by atoms with Gasteiger partial charge in [0, 0.05) is 37.7 Å². The lowest BCUT2D eigenvalue weighted by Gasteiger charge is -2.07. The molecule has 0 radical (unpaired) electrons. The molecular weight excluding hydrogens is 642 g/mol. The van der Waals surface area contributed by atoms with Crippen LogP contribution in [0.4, 0.5) is 0 Å². The van der Waals surface area contributed by atoms with E-state index < -0.39 is 0 Å². The van der Waals surface area contributed by atoms with E-state index >= 15 is 0 Å². The lowest BCUT2D eigenvalue weighted by molar-refractivity contribution is -0.119. The summed E-state index contributed by atoms with van der Waals surface area (Å²) in [6.45, 7) is 9.63. The molecule has 0 saturated heterocycles. The summed E-state index contributed by atoms with van der Waals surface area (Å²) in [5.74, 6) is 1.87. The van der Waals surface area contributed by atoms with Gasteiger partial charge in [0.2, 0.25) is 5.82 Å². The number of ether oxygens (including phenoxy) is 3. The van der Waals surface area contributed by atoms with Crippen LogP contribution in [-0.4, -0.2) is 81.9 Å². The number of rotatable bonds is 29. The van der Waals surface area contributed by atoms with Gasteiger partial charge < -0.3 is 48.7 Å². The Labute approximate surface area is 302 Å². The van der Waals surface area contributed by atoms with Gasteiger partial charge in [0.1, 0.15) is 11.5 Å². The van der Waals surface area contributed by atoms with E-state index in [1.165, 1.54) is 89.9 Å². The highest BCUT2D eigenvalue weighted by Gasteiger charge is 2.04. The number of nitrogens with one attached hydrogen (secondary N) is 1. The van der Waals surface area contributed by atoms with Crippen molar-refractivity contribution in [2.75, 3.05) is 33.0 Å². The molecule has 0 unspecified atom stereocenters. The number of hydrogen-bond acceptors (Lipinski definition) is 10. The smallest absolute Gasteiger partial charge is 0.204 e. The Morgan fingerprint density at radius 3 is 1.70 bits per heavy atom. The average Bonchev–Trinajstić information content (AvgIpc) is 3.59. The first-order valence-corrected chi connectivity index (χ1v) is 18.0. The molecule has 0 fully saturated rings. The van der Waals surface area contributed by atoms with Crippen molar-refractivity contribution in [1.82, 2.24) is 32.9 Å². The molecule has 0 aliphatic heterocycles. The molecule has 50 heavy (non-hydrogen) atoms. The van der Waals surface area contributed by atoms with Crippen molar-refractivity contribution in [3.05, 3.63) is 24.3 Å². The summed E-state index contributed by atoms with van der Waals surface area (Å²) >= 11 is 0. The van der Waals surface area contributed by atoms with Crippen molar-refractivity contribution in [3.8, 4) is 17.1 Å². The summed E-state index contributed by atoms with van der Waals surface area (Å²) in [4.78, 5) is 11.9. The number of benzene rings is 1. The predicted octanol–water partition coefficient (Wildman–Crippen LogP) is 6.48. The van der Waals surface area contributed by atoms with E-state index in [0.29, 0.717) is 43.9 Å². The van der Waals surface area contributed by atoms with E-state index in [1.807, 2.05) is 31.2 Å². The second kappa shape index (κ2) is 42.6. The second-order valence-electron chi connectivity index (χ2n) is 12.0. The number of tetrazole rings is 1. The number of nitrogens with zero attached hydrogens (tertiary/aromatic N) is 3. The van der Waals surface area contributed by atoms with Crippen LogP contribution in [0.5, 0.6) is 5.75 Å². The zero-order chi connectivity index (χ0) is 32.6. The molecule has 14 nitrogen and oxygen atoms in total. The lowest BCUT2D eigenvalue weighted by atomic mass is 10.0. The molecule has 0 aliphatic rings. The molecule has 1 aromatic heterocycles. The van der Waals surface area contributed by atoms with E-state index in [4.69, 9.17) is 19.9 Å². The fraction of sp³-hybridized carbons (Fsp3) is 0.778. The number of Topliss-reactive ketones (excluding diaryl/α,β-unsaturated/α-hetero) is 1. The molecular formula is C36H77N7O7. The molecule has 0 saturated carbocycles. The van der Waals surface area contributed by atoms with Crippen LogP contribution in [0.15, 0.2) is 24.3 Å². The van der Waals surface area contributed by atoms with Crippen LogP contribution < -0.4 is 22.8 Å². The van der Waals surface area contributed by atoms with E-state index in [2.05, 4.69) is 34.5 Å². The molecule has 2 aromatic rings. The number of ketones is 1. The Balaban J connectivity index is -0.000000508. The number of hydrogen-bond donors (Lipinski definition) is 4. The first-order valence-electron chi connectivity index (χ1n) is 18.0. The fourth-order valence-electron chi connectivity index (χ4n) is 4.93. The van der Waals surface area contributed by atoms with Gasteiger partial charge in [0.25, 0.3) is 0 Å². The molecule has 2 rings (SSSR count). The Hall–Kier alpha value is -2.56. The topological polar surface area (TPSA) is 290 Å². The van der Waals surface area contributed by atoms with Gasteiger partial charge in [0.15, 0.2) is 0 Å². The van der Waals surface area contributed by atoms with E-state index in [-0.39, 0.29) is 28.7 Å². The van der Waals surface area contributed by atoms with Gasteiger partial charge in [-0.05, 0) is 69.0 Å². The van der Waals surface area contributed by atoms with Gasteiger partial charge in [-0.2, -0.15) is 5.21 Å². The molecule has 0 aliphatic carbocycles. The Bertz CT molecular complexity index is 909. The van der Waals surface area contributed by atoms with Crippen LogP contribution in [0, 0.1) is 0 Å². The van der Waals surface area contributed by atoms with Crippen LogP contribution in [0.25, 0.3) is 11.4 Å². The highest BCUT2D eigenvalue weighted by Crippen LogP contribution is 2.19. The van der Waals surface area contributed by atoms with Crippen molar-refractivity contribution in [2.24, 2.45) is 5.73 Å². The number of aromatic nitrogens is 4. The molecule has 298 valence electrons. The summed E-state index contributed by atoms with van der Waals surface area (Å²) in [7, 11) is 0. The predicted molar refractivity (Wildman–Crippen MR) is 205 cm³/mol. The van der Waals surface area contributed by atoms with Gasteiger partial charge >= 0.3 is 0 Å². The minimum absolute atomic E-state index is 0.